The van der Waals surface area contributed by atoms with Crippen LogP contribution in [0, 0.1) is 6.92 Å². The number of nitrogens with zero attached hydrogens (tertiary/aromatic N) is 4. The van der Waals surface area contributed by atoms with Crippen molar-refractivity contribution in [3.05, 3.63) is 47.0 Å². The van der Waals surface area contributed by atoms with Crippen LogP contribution >= 0.6 is 11.8 Å². The van der Waals surface area contributed by atoms with Crippen LogP contribution in [-0.2, 0) is 17.7 Å². The van der Waals surface area contributed by atoms with Gasteiger partial charge in [0.25, 0.3) is 0 Å². The van der Waals surface area contributed by atoms with Crippen molar-refractivity contribution in [1.82, 2.24) is 19.7 Å². The van der Waals surface area contributed by atoms with Crippen molar-refractivity contribution in [1.29, 1.82) is 0 Å². The topological polar surface area (TPSA) is 43.2 Å². The summed E-state index contributed by atoms with van der Waals surface area (Å²) in [6.45, 7) is 8.66. The SMILES string of the molecule is CSCCc1nc(C(C)N2CCOCC2)n(Cc2cccc(C)c2)n1. The maximum absolute atomic E-state index is 5.50. The second-order valence-corrected chi connectivity index (χ2v) is 7.59. The van der Waals surface area contributed by atoms with Gasteiger partial charge in [-0.1, -0.05) is 29.8 Å². The number of hydrogen-bond acceptors (Lipinski definition) is 5. The van der Waals surface area contributed by atoms with Crippen molar-refractivity contribution in [2.45, 2.75) is 32.9 Å². The third kappa shape index (κ3) is 4.84. The lowest BCUT2D eigenvalue weighted by Gasteiger charge is -2.31. The summed E-state index contributed by atoms with van der Waals surface area (Å²) >= 11 is 1.84. The first kappa shape index (κ1) is 18.4. The predicted octanol–water partition coefficient (Wildman–Crippen LogP) is 2.93. The lowest BCUT2D eigenvalue weighted by atomic mass is 10.1. The molecule has 1 aromatic heterocycles. The molecule has 0 saturated carbocycles. The number of ether oxygens (including phenoxy) is 1. The van der Waals surface area contributed by atoms with Gasteiger partial charge in [0.05, 0.1) is 25.8 Å². The highest BCUT2D eigenvalue weighted by Crippen LogP contribution is 2.21. The Balaban J connectivity index is 1.84. The van der Waals surface area contributed by atoms with Crippen LogP contribution in [0.15, 0.2) is 24.3 Å². The Labute approximate surface area is 154 Å². The number of morpholine rings is 1. The van der Waals surface area contributed by atoms with Gasteiger partial charge in [0.15, 0.2) is 5.82 Å². The molecule has 1 aliphatic rings. The van der Waals surface area contributed by atoms with Gasteiger partial charge in [-0.2, -0.15) is 16.9 Å². The minimum atomic E-state index is 0.254. The Hall–Kier alpha value is -1.37. The molecular weight excluding hydrogens is 332 g/mol. The van der Waals surface area contributed by atoms with Gasteiger partial charge >= 0.3 is 0 Å². The standard InChI is InChI=1S/C19H28N4OS/c1-15-5-4-6-17(13-15)14-23-19(20-18(21-23)7-12-25-3)16(2)22-8-10-24-11-9-22/h4-6,13,16H,7-12,14H2,1-3H3. The normalized spacial score (nSPS) is 16.9. The third-order valence-corrected chi connectivity index (χ3v) is 5.27. The summed E-state index contributed by atoms with van der Waals surface area (Å²) in [5.41, 5.74) is 2.56. The highest BCUT2D eigenvalue weighted by molar-refractivity contribution is 7.98. The van der Waals surface area contributed by atoms with Crippen molar-refractivity contribution in [3.63, 3.8) is 0 Å². The average Bonchev–Trinajstić information content (AvgIpc) is 3.02. The first-order valence-corrected chi connectivity index (χ1v) is 10.4. The largest absolute Gasteiger partial charge is 0.379 e. The summed E-state index contributed by atoms with van der Waals surface area (Å²) in [7, 11) is 0. The Morgan fingerprint density at radius 3 is 2.80 bits per heavy atom. The lowest BCUT2D eigenvalue weighted by Crippen LogP contribution is -2.39. The fourth-order valence-corrected chi connectivity index (χ4v) is 3.63. The van der Waals surface area contributed by atoms with Gasteiger partial charge < -0.3 is 4.74 Å². The molecule has 1 unspecified atom stereocenters. The van der Waals surface area contributed by atoms with E-state index in [0.717, 1.165) is 56.7 Å². The van der Waals surface area contributed by atoms with Gasteiger partial charge in [0, 0.05) is 25.3 Å². The maximum atomic E-state index is 5.50. The van der Waals surface area contributed by atoms with Gasteiger partial charge in [-0.3, -0.25) is 4.90 Å². The molecule has 136 valence electrons. The van der Waals surface area contributed by atoms with E-state index in [2.05, 4.69) is 54.0 Å². The fourth-order valence-electron chi connectivity index (χ4n) is 3.24. The minimum absolute atomic E-state index is 0.254. The molecule has 5 nitrogen and oxygen atoms in total. The van der Waals surface area contributed by atoms with Crippen molar-refractivity contribution < 1.29 is 4.74 Å². The lowest BCUT2D eigenvalue weighted by molar-refractivity contribution is 0.0174. The minimum Gasteiger partial charge on any atom is -0.379 e. The number of thioether (sulfide) groups is 1. The molecule has 1 aliphatic heterocycles. The zero-order chi connectivity index (χ0) is 17.6. The highest BCUT2D eigenvalue weighted by atomic mass is 32.2. The van der Waals surface area contributed by atoms with Crippen LogP contribution in [-0.4, -0.2) is 58.0 Å². The van der Waals surface area contributed by atoms with Crippen molar-refractivity contribution in [3.8, 4) is 0 Å². The number of rotatable bonds is 7. The van der Waals surface area contributed by atoms with Crippen LogP contribution in [0.4, 0.5) is 0 Å². The van der Waals surface area contributed by atoms with Crippen LogP contribution in [0.3, 0.4) is 0 Å². The van der Waals surface area contributed by atoms with E-state index in [-0.39, 0.29) is 6.04 Å². The molecule has 0 radical (unpaired) electrons. The molecule has 1 aromatic carbocycles. The fraction of sp³-hybridized carbons (Fsp3) is 0.579. The summed E-state index contributed by atoms with van der Waals surface area (Å²) in [5.74, 6) is 3.08. The second kappa shape index (κ2) is 8.83. The monoisotopic (exact) mass is 360 g/mol. The molecule has 1 saturated heterocycles. The molecule has 0 amide bonds. The first-order chi connectivity index (χ1) is 12.2. The zero-order valence-electron chi connectivity index (χ0n) is 15.4. The van der Waals surface area contributed by atoms with E-state index in [4.69, 9.17) is 14.8 Å². The Morgan fingerprint density at radius 1 is 1.28 bits per heavy atom. The van der Waals surface area contributed by atoms with Crippen molar-refractivity contribution in [2.24, 2.45) is 0 Å². The Kier molecular flexibility index (Phi) is 6.51. The number of aromatic nitrogens is 3. The summed E-state index contributed by atoms with van der Waals surface area (Å²) in [6, 6.07) is 8.89. The quantitative estimate of drug-likeness (QED) is 0.759. The van der Waals surface area contributed by atoms with Crippen LogP contribution in [0.25, 0.3) is 0 Å². The molecule has 0 aliphatic carbocycles. The van der Waals surface area contributed by atoms with Crippen LogP contribution in [0.2, 0.25) is 0 Å². The first-order valence-electron chi connectivity index (χ1n) is 8.97. The van der Waals surface area contributed by atoms with E-state index < -0.39 is 0 Å². The third-order valence-electron chi connectivity index (χ3n) is 4.66. The number of aryl methyl sites for hydroxylation is 2. The van der Waals surface area contributed by atoms with E-state index in [9.17, 15) is 0 Å². The Morgan fingerprint density at radius 2 is 2.08 bits per heavy atom. The van der Waals surface area contributed by atoms with Crippen LogP contribution in [0.5, 0.6) is 0 Å². The summed E-state index contributed by atoms with van der Waals surface area (Å²) < 4.78 is 7.60. The van der Waals surface area contributed by atoms with Crippen LogP contribution in [0.1, 0.15) is 35.7 Å². The molecule has 6 heteroatoms. The zero-order valence-corrected chi connectivity index (χ0v) is 16.3. The van der Waals surface area contributed by atoms with Gasteiger partial charge in [-0.15, -0.1) is 0 Å². The van der Waals surface area contributed by atoms with E-state index in [1.54, 1.807) is 0 Å². The highest BCUT2D eigenvalue weighted by Gasteiger charge is 2.24. The van der Waals surface area contributed by atoms with E-state index >= 15 is 0 Å². The molecule has 3 rings (SSSR count). The molecule has 1 atom stereocenters. The van der Waals surface area contributed by atoms with Crippen molar-refractivity contribution in [2.75, 3.05) is 38.3 Å². The number of benzene rings is 1. The van der Waals surface area contributed by atoms with E-state index in [1.165, 1.54) is 11.1 Å². The van der Waals surface area contributed by atoms with Gasteiger partial charge in [0.1, 0.15) is 5.82 Å². The van der Waals surface area contributed by atoms with Crippen molar-refractivity contribution >= 4 is 11.8 Å². The number of hydrogen-bond donors (Lipinski definition) is 0. The molecule has 2 aromatic rings. The summed E-state index contributed by atoms with van der Waals surface area (Å²) in [5, 5.41) is 4.82. The summed E-state index contributed by atoms with van der Waals surface area (Å²) in [4.78, 5) is 7.34. The molecule has 1 fully saturated rings. The predicted molar refractivity (Wildman–Crippen MR) is 103 cm³/mol. The molecule has 2 heterocycles. The van der Waals surface area contributed by atoms with Gasteiger partial charge in [0.2, 0.25) is 0 Å². The van der Waals surface area contributed by atoms with E-state index in [0.29, 0.717) is 0 Å². The van der Waals surface area contributed by atoms with E-state index in [1.807, 2.05) is 11.8 Å². The molecule has 0 spiro atoms. The van der Waals surface area contributed by atoms with Gasteiger partial charge in [-0.05, 0) is 25.7 Å². The summed E-state index contributed by atoms with van der Waals surface area (Å²) in [6.07, 6.45) is 3.05. The average molecular weight is 361 g/mol. The molecule has 0 N–H and O–H groups in total. The van der Waals surface area contributed by atoms with Gasteiger partial charge in [-0.25, -0.2) is 9.67 Å². The second-order valence-electron chi connectivity index (χ2n) is 6.60. The Bertz CT molecular complexity index is 682. The molecule has 25 heavy (non-hydrogen) atoms. The smallest absolute Gasteiger partial charge is 0.151 e. The molecular formula is C19H28N4OS. The molecule has 0 bridgehead atoms. The maximum Gasteiger partial charge on any atom is 0.151 e. The van der Waals surface area contributed by atoms with Crippen LogP contribution < -0.4 is 0 Å².